The minimum absolute atomic E-state index is 0. The van der Waals surface area contributed by atoms with E-state index in [1.165, 1.54) is 0 Å². The van der Waals surface area contributed by atoms with Crippen molar-refractivity contribution in [3.63, 3.8) is 0 Å². The van der Waals surface area contributed by atoms with E-state index < -0.39 is 5.41 Å². The Balaban J connectivity index is 0.00000267. The molecular formula is C27H29ClN2O4S. The van der Waals surface area contributed by atoms with Crippen molar-refractivity contribution in [3.05, 3.63) is 74.2 Å². The number of β-amino-alcohol motifs (C(OH)–C–C–N with tert-alkyl or cyclic N) is 1. The summed E-state index contributed by atoms with van der Waals surface area (Å²) >= 11 is 8.21. The topological polar surface area (TPSA) is 71.9 Å². The van der Waals surface area contributed by atoms with Gasteiger partial charge in [-0.05, 0) is 55.5 Å². The number of carbonyl (C=O) groups is 1. The first-order valence-corrected chi connectivity index (χ1v) is 13.2. The van der Waals surface area contributed by atoms with Crippen LogP contribution in [0.5, 0.6) is 11.5 Å². The number of fused-ring (bicyclic) bond motifs is 1. The number of thiazole rings is 1. The van der Waals surface area contributed by atoms with Crippen molar-refractivity contribution in [2.45, 2.75) is 50.2 Å². The number of benzene rings is 2. The van der Waals surface area contributed by atoms with Crippen molar-refractivity contribution in [1.29, 1.82) is 0 Å². The summed E-state index contributed by atoms with van der Waals surface area (Å²) in [5, 5.41) is 11.7. The Morgan fingerprint density at radius 2 is 2.09 bits per heavy atom. The van der Waals surface area contributed by atoms with Gasteiger partial charge in [0.15, 0.2) is 11.5 Å². The van der Waals surface area contributed by atoms with E-state index in [2.05, 4.69) is 4.90 Å². The van der Waals surface area contributed by atoms with Crippen LogP contribution >= 0.6 is 22.9 Å². The van der Waals surface area contributed by atoms with Crippen molar-refractivity contribution >= 4 is 28.7 Å². The molecule has 1 aliphatic carbocycles. The number of carbonyl (C=O) groups excluding carboxylic acids is 1. The highest BCUT2D eigenvalue weighted by Gasteiger charge is 2.51. The van der Waals surface area contributed by atoms with E-state index in [4.69, 9.17) is 26.1 Å². The molecule has 1 saturated carbocycles. The van der Waals surface area contributed by atoms with Gasteiger partial charge in [-0.3, -0.25) is 9.69 Å². The second-order valence-electron chi connectivity index (χ2n) is 9.67. The highest BCUT2D eigenvalue weighted by Crippen LogP contribution is 2.52. The van der Waals surface area contributed by atoms with Gasteiger partial charge in [-0.2, -0.15) is 0 Å². The predicted molar refractivity (Wildman–Crippen MR) is 137 cm³/mol. The summed E-state index contributed by atoms with van der Waals surface area (Å²) in [5.74, 6) is 1.64. The minimum Gasteiger partial charge on any atom is -0.454 e. The first-order valence-electron chi connectivity index (χ1n) is 12.0. The zero-order valence-electron chi connectivity index (χ0n) is 19.5. The lowest BCUT2D eigenvalue weighted by Gasteiger charge is -2.28. The van der Waals surface area contributed by atoms with Gasteiger partial charge in [0, 0.05) is 24.4 Å². The second-order valence-corrected chi connectivity index (χ2v) is 11.2. The molecule has 6 rings (SSSR count). The van der Waals surface area contributed by atoms with Crippen LogP contribution in [-0.2, 0) is 16.6 Å². The summed E-state index contributed by atoms with van der Waals surface area (Å²) in [5.41, 5.74) is 2.46. The van der Waals surface area contributed by atoms with E-state index in [1.54, 1.807) is 11.3 Å². The molecule has 0 amide bonds. The number of ketones is 1. The summed E-state index contributed by atoms with van der Waals surface area (Å²) in [7, 11) is 0. The monoisotopic (exact) mass is 512 g/mol. The molecule has 3 heterocycles. The van der Waals surface area contributed by atoms with Crippen LogP contribution in [0.25, 0.3) is 0 Å². The van der Waals surface area contributed by atoms with Crippen molar-refractivity contribution in [3.8, 4) is 11.5 Å². The summed E-state index contributed by atoms with van der Waals surface area (Å²) in [6.45, 7) is 3.60. The number of hydrogen-bond acceptors (Lipinski definition) is 7. The normalized spacial score (nSPS) is 21.3. The number of likely N-dealkylation sites (tertiary alicyclic amines) is 1. The molecule has 0 radical (unpaired) electrons. The highest BCUT2D eigenvalue weighted by atomic mass is 35.5. The lowest BCUT2D eigenvalue weighted by atomic mass is 9.89. The van der Waals surface area contributed by atoms with Crippen LogP contribution in [0.2, 0.25) is 5.02 Å². The number of rotatable bonds is 7. The molecule has 2 aliphatic heterocycles. The van der Waals surface area contributed by atoms with Gasteiger partial charge in [0.05, 0.1) is 29.7 Å². The largest absolute Gasteiger partial charge is 0.454 e. The van der Waals surface area contributed by atoms with Crippen LogP contribution in [0.15, 0.2) is 42.5 Å². The summed E-state index contributed by atoms with van der Waals surface area (Å²) in [4.78, 5) is 21.7. The molecule has 184 valence electrons. The first kappa shape index (κ1) is 23.0. The minimum atomic E-state index is -0.456. The standard InChI is InChI=1S/C27H27ClN2O4S.H2/c1-16-26(25(30-11-8-18(31)14-30)19-4-2-3-5-20(19)28)35-24(29-16)13-23(32)27(9-10-27)17-6-7-21-22(12-17)34-15-33-21;/h2-7,12,18,25,31H,8-11,13-15H2,1H3;1H/t18-,25+;/m0./s1. The SMILES string of the molecule is Cc1nc(CC(=O)C2(c3ccc4c(c3)OCO4)CC2)sc1[C@@H](c1ccccc1Cl)N1CC[C@H](O)C1.[HH]. The third-order valence-electron chi connectivity index (χ3n) is 7.41. The molecule has 0 bridgehead atoms. The molecule has 3 aromatic rings. The molecule has 6 nitrogen and oxygen atoms in total. The van der Waals surface area contributed by atoms with E-state index in [0.717, 1.165) is 58.3 Å². The molecule has 2 aromatic carbocycles. The van der Waals surface area contributed by atoms with E-state index in [0.29, 0.717) is 23.7 Å². The molecule has 2 fully saturated rings. The first-order chi connectivity index (χ1) is 16.9. The van der Waals surface area contributed by atoms with Crippen LogP contribution in [0.4, 0.5) is 0 Å². The molecule has 3 aliphatic rings. The molecule has 1 saturated heterocycles. The van der Waals surface area contributed by atoms with E-state index in [1.807, 2.05) is 49.4 Å². The molecule has 1 N–H and O–H groups in total. The summed E-state index contributed by atoms with van der Waals surface area (Å²) < 4.78 is 11.0. The van der Waals surface area contributed by atoms with Crippen molar-refractivity contribution < 1.29 is 20.8 Å². The van der Waals surface area contributed by atoms with Gasteiger partial charge in [0.25, 0.3) is 0 Å². The number of aryl methyl sites for hydroxylation is 1. The van der Waals surface area contributed by atoms with Crippen LogP contribution in [0, 0.1) is 6.92 Å². The lowest BCUT2D eigenvalue weighted by molar-refractivity contribution is -0.120. The number of halogens is 1. The molecule has 8 heteroatoms. The summed E-state index contributed by atoms with van der Waals surface area (Å²) in [6, 6.07) is 13.6. The Kier molecular flexibility index (Phi) is 5.84. The Morgan fingerprint density at radius 3 is 2.83 bits per heavy atom. The van der Waals surface area contributed by atoms with E-state index in [9.17, 15) is 9.90 Å². The molecular weight excluding hydrogens is 484 g/mol. The zero-order valence-corrected chi connectivity index (χ0v) is 21.1. The Bertz CT molecular complexity index is 1290. The van der Waals surface area contributed by atoms with Crippen molar-refractivity contribution in [2.75, 3.05) is 19.9 Å². The second kappa shape index (κ2) is 8.89. The average Bonchev–Trinajstić information content (AvgIpc) is 3.13. The lowest BCUT2D eigenvalue weighted by Crippen LogP contribution is -2.28. The van der Waals surface area contributed by atoms with E-state index >= 15 is 0 Å². The maximum Gasteiger partial charge on any atom is 0.231 e. The number of hydrogen-bond donors (Lipinski definition) is 1. The maximum absolute atomic E-state index is 13.5. The van der Waals surface area contributed by atoms with Crippen LogP contribution in [0.3, 0.4) is 0 Å². The van der Waals surface area contributed by atoms with Crippen molar-refractivity contribution in [2.24, 2.45) is 0 Å². The van der Waals surface area contributed by atoms with Gasteiger partial charge < -0.3 is 14.6 Å². The van der Waals surface area contributed by atoms with Gasteiger partial charge in [-0.1, -0.05) is 35.9 Å². The fraction of sp³-hybridized carbons (Fsp3) is 0.407. The van der Waals surface area contributed by atoms with Gasteiger partial charge in [-0.15, -0.1) is 11.3 Å². The van der Waals surface area contributed by atoms with Crippen molar-refractivity contribution in [1.82, 2.24) is 9.88 Å². The number of ether oxygens (including phenoxy) is 2. The number of aliphatic hydroxyl groups excluding tert-OH is 1. The third kappa shape index (κ3) is 4.14. The smallest absolute Gasteiger partial charge is 0.231 e. The number of nitrogens with zero attached hydrogens (tertiary/aromatic N) is 2. The third-order valence-corrected chi connectivity index (χ3v) is 8.96. The molecule has 0 unspecified atom stereocenters. The van der Waals surface area contributed by atoms with Gasteiger partial charge in [-0.25, -0.2) is 4.98 Å². The van der Waals surface area contributed by atoms with Crippen LogP contribution in [0.1, 0.15) is 53.4 Å². The van der Waals surface area contributed by atoms with Gasteiger partial charge in [0.2, 0.25) is 6.79 Å². The van der Waals surface area contributed by atoms with Gasteiger partial charge >= 0.3 is 0 Å². The fourth-order valence-corrected chi connectivity index (χ4v) is 6.81. The van der Waals surface area contributed by atoms with Crippen LogP contribution in [-0.4, -0.2) is 46.8 Å². The van der Waals surface area contributed by atoms with Gasteiger partial charge in [0.1, 0.15) is 10.8 Å². The summed E-state index contributed by atoms with van der Waals surface area (Å²) in [6.07, 6.45) is 2.39. The Labute approximate surface area is 214 Å². The molecule has 35 heavy (non-hydrogen) atoms. The Hall–Kier alpha value is -2.45. The molecule has 2 atom stereocenters. The zero-order chi connectivity index (χ0) is 24.2. The maximum atomic E-state index is 13.5. The molecule has 1 aromatic heterocycles. The average molecular weight is 513 g/mol. The fourth-order valence-electron chi connectivity index (χ4n) is 5.35. The molecule has 0 spiro atoms. The van der Waals surface area contributed by atoms with Crippen LogP contribution < -0.4 is 9.47 Å². The number of aromatic nitrogens is 1. The quantitative estimate of drug-likeness (QED) is 0.476. The van der Waals surface area contributed by atoms with E-state index in [-0.39, 0.29) is 26.1 Å². The number of aliphatic hydroxyl groups is 1. The Morgan fingerprint density at radius 1 is 1.29 bits per heavy atom. The highest BCUT2D eigenvalue weighted by molar-refractivity contribution is 7.12. The number of Topliss-reactive ketones (excluding diaryl/α,β-unsaturated/α-hetero) is 1. The predicted octanol–water partition coefficient (Wildman–Crippen LogP) is 5.08.